The number of aromatic amines is 1. The number of para-hydroxylation sites is 1. The van der Waals surface area contributed by atoms with Crippen molar-refractivity contribution in [2.75, 3.05) is 12.4 Å². The molecule has 0 spiro atoms. The Balaban J connectivity index is 1.44. The molecule has 4 N–H and O–H groups in total. The number of aliphatic hydroxyl groups is 1. The number of aromatic carboxylic acids is 1. The maximum atomic E-state index is 11.6. The number of rotatable bonds is 6. The Hall–Kier alpha value is -4.37. The van der Waals surface area contributed by atoms with Gasteiger partial charge in [-0.25, -0.2) is 9.78 Å². The van der Waals surface area contributed by atoms with Gasteiger partial charge in [0.25, 0.3) is 0 Å². The lowest BCUT2D eigenvalue weighted by molar-refractivity contribution is 0.0697. The molecule has 1 aliphatic carbocycles. The molecule has 0 atom stereocenters. The number of anilines is 2. The van der Waals surface area contributed by atoms with E-state index >= 15 is 0 Å². The molecule has 0 bridgehead atoms. The van der Waals surface area contributed by atoms with E-state index < -0.39 is 5.97 Å². The monoisotopic (exact) mass is 497 g/mol. The van der Waals surface area contributed by atoms with Crippen LogP contribution in [0.1, 0.15) is 42.1 Å². The summed E-state index contributed by atoms with van der Waals surface area (Å²) in [7, 11) is 1.66. The van der Waals surface area contributed by atoms with Crippen LogP contribution in [0.4, 0.5) is 11.8 Å². The average Bonchev–Trinajstić information content (AvgIpc) is 3.49. The molecule has 1 aliphatic rings. The molecule has 6 rings (SSSR count). The third-order valence-corrected chi connectivity index (χ3v) is 7.18. The minimum absolute atomic E-state index is 0.126. The van der Waals surface area contributed by atoms with Crippen molar-refractivity contribution < 1.29 is 19.7 Å². The number of ether oxygens (including phenoxy) is 1. The number of imidazole rings is 1. The standard InChI is InChI=1S/C28H27N5O4/c1-37-25-5-3-2-4-20(25)16-6-12-22-21(14-16)26(32-31-22)30-28-29-23-15-17(27(35)36)7-13-24(23)33(28)18-8-10-19(34)11-9-18/h2-7,12-15,18-19,34H,8-11H2,1H3,(H,35,36)(H2,29,30,31,32). The summed E-state index contributed by atoms with van der Waals surface area (Å²) < 4.78 is 7.68. The number of carbonyl (C=O) groups is 1. The zero-order valence-corrected chi connectivity index (χ0v) is 20.3. The lowest BCUT2D eigenvalue weighted by Gasteiger charge is -2.28. The van der Waals surface area contributed by atoms with Crippen molar-refractivity contribution in [3.63, 3.8) is 0 Å². The number of benzene rings is 3. The normalized spacial score (nSPS) is 17.8. The van der Waals surface area contributed by atoms with E-state index in [-0.39, 0.29) is 17.7 Å². The van der Waals surface area contributed by atoms with Crippen molar-refractivity contribution in [2.45, 2.75) is 37.8 Å². The molecule has 0 radical (unpaired) electrons. The molecule has 1 saturated carbocycles. The number of aromatic nitrogens is 4. The lowest BCUT2D eigenvalue weighted by Crippen LogP contribution is -2.22. The highest BCUT2D eigenvalue weighted by Crippen LogP contribution is 2.37. The third-order valence-electron chi connectivity index (χ3n) is 7.18. The van der Waals surface area contributed by atoms with Gasteiger partial charge in [-0.15, -0.1) is 0 Å². The van der Waals surface area contributed by atoms with Gasteiger partial charge >= 0.3 is 5.97 Å². The first kappa shape index (κ1) is 23.1. The Morgan fingerprint density at radius 3 is 2.68 bits per heavy atom. The largest absolute Gasteiger partial charge is 0.496 e. The molecule has 0 amide bonds. The summed E-state index contributed by atoms with van der Waals surface area (Å²) >= 11 is 0. The minimum atomic E-state index is -0.992. The molecule has 188 valence electrons. The molecule has 5 aromatic rings. The predicted octanol–water partition coefficient (Wildman–Crippen LogP) is 5.51. The fourth-order valence-corrected chi connectivity index (χ4v) is 5.27. The van der Waals surface area contributed by atoms with Crippen LogP contribution in [0.2, 0.25) is 0 Å². The topological polar surface area (TPSA) is 125 Å². The maximum absolute atomic E-state index is 11.6. The highest BCUT2D eigenvalue weighted by Gasteiger charge is 2.26. The Bertz CT molecular complexity index is 1610. The van der Waals surface area contributed by atoms with E-state index in [0.29, 0.717) is 30.1 Å². The summed E-state index contributed by atoms with van der Waals surface area (Å²) in [6.45, 7) is 0. The number of hydrogen-bond donors (Lipinski definition) is 4. The number of carboxylic acid groups (broad SMARTS) is 1. The van der Waals surface area contributed by atoms with Crippen LogP contribution in [0.15, 0.2) is 60.7 Å². The van der Waals surface area contributed by atoms with Crippen LogP contribution in [-0.2, 0) is 0 Å². The maximum Gasteiger partial charge on any atom is 0.335 e. The van der Waals surface area contributed by atoms with E-state index in [4.69, 9.17) is 9.72 Å². The minimum Gasteiger partial charge on any atom is -0.496 e. The van der Waals surface area contributed by atoms with Crippen LogP contribution in [0.25, 0.3) is 33.1 Å². The van der Waals surface area contributed by atoms with Crippen molar-refractivity contribution in [3.8, 4) is 16.9 Å². The zero-order valence-electron chi connectivity index (χ0n) is 20.3. The van der Waals surface area contributed by atoms with Crippen LogP contribution in [0, 0.1) is 0 Å². The van der Waals surface area contributed by atoms with Gasteiger partial charge in [0.2, 0.25) is 5.95 Å². The van der Waals surface area contributed by atoms with Gasteiger partial charge in [-0.1, -0.05) is 24.3 Å². The second-order valence-electron chi connectivity index (χ2n) is 9.43. The summed E-state index contributed by atoms with van der Waals surface area (Å²) in [6.07, 6.45) is 2.75. The number of fused-ring (bicyclic) bond motifs is 2. The molecule has 3 aromatic carbocycles. The second-order valence-corrected chi connectivity index (χ2v) is 9.43. The van der Waals surface area contributed by atoms with Crippen molar-refractivity contribution in [3.05, 3.63) is 66.2 Å². The molecule has 9 heteroatoms. The van der Waals surface area contributed by atoms with E-state index in [1.165, 1.54) is 0 Å². The van der Waals surface area contributed by atoms with Gasteiger partial charge in [0.15, 0.2) is 5.82 Å². The van der Waals surface area contributed by atoms with E-state index in [1.54, 1.807) is 19.2 Å². The molecule has 37 heavy (non-hydrogen) atoms. The van der Waals surface area contributed by atoms with E-state index in [1.807, 2.05) is 42.5 Å². The lowest BCUT2D eigenvalue weighted by atomic mass is 9.93. The van der Waals surface area contributed by atoms with Gasteiger partial charge in [-0.3, -0.25) is 5.10 Å². The number of methoxy groups -OCH3 is 1. The van der Waals surface area contributed by atoms with Crippen molar-refractivity contribution in [2.24, 2.45) is 0 Å². The van der Waals surface area contributed by atoms with Crippen LogP contribution in [0.5, 0.6) is 5.75 Å². The van der Waals surface area contributed by atoms with Crippen molar-refractivity contribution in [1.29, 1.82) is 0 Å². The Morgan fingerprint density at radius 1 is 1.08 bits per heavy atom. The van der Waals surface area contributed by atoms with Gasteiger partial charge in [-0.05, 0) is 67.6 Å². The SMILES string of the molecule is COc1ccccc1-c1ccc2[nH]nc(Nc3nc4cc(C(=O)O)ccc4n3C3CCC(O)CC3)c2c1. The van der Waals surface area contributed by atoms with E-state index in [2.05, 4.69) is 26.1 Å². The quantitative estimate of drug-likeness (QED) is 0.244. The Morgan fingerprint density at radius 2 is 1.89 bits per heavy atom. The fourth-order valence-electron chi connectivity index (χ4n) is 5.27. The van der Waals surface area contributed by atoms with Gasteiger partial charge in [0.1, 0.15) is 5.75 Å². The number of nitrogens with zero attached hydrogens (tertiary/aromatic N) is 3. The Kier molecular flexibility index (Phi) is 5.77. The number of H-pyrrole nitrogens is 1. The molecule has 9 nitrogen and oxygen atoms in total. The molecule has 0 aliphatic heterocycles. The highest BCUT2D eigenvalue weighted by atomic mass is 16.5. The molecular formula is C28H27N5O4. The van der Waals surface area contributed by atoms with Crippen LogP contribution >= 0.6 is 0 Å². The first-order chi connectivity index (χ1) is 18.0. The molecule has 0 saturated heterocycles. The predicted molar refractivity (Wildman–Crippen MR) is 142 cm³/mol. The Labute approximate surface area is 212 Å². The van der Waals surface area contributed by atoms with Crippen LogP contribution in [0.3, 0.4) is 0 Å². The number of carboxylic acids is 1. The summed E-state index contributed by atoms with van der Waals surface area (Å²) in [6, 6.07) is 19.1. The average molecular weight is 498 g/mol. The smallest absolute Gasteiger partial charge is 0.335 e. The van der Waals surface area contributed by atoms with E-state index in [0.717, 1.165) is 46.1 Å². The number of hydrogen-bond acceptors (Lipinski definition) is 6. The van der Waals surface area contributed by atoms with Gasteiger partial charge in [0, 0.05) is 17.0 Å². The molecule has 2 aromatic heterocycles. The van der Waals surface area contributed by atoms with Gasteiger partial charge in [-0.2, -0.15) is 5.10 Å². The first-order valence-corrected chi connectivity index (χ1v) is 12.3. The van der Waals surface area contributed by atoms with Gasteiger partial charge < -0.3 is 24.8 Å². The highest BCUT2D eigenvalue weighted by molar-refractivity contribution is 5.96. The molecular weight excluding hydrogens is 470 g/mol. The summed E-state index contributed by atoms with van der Waals surface area (Å²) in [5.41, 5.74) is 4.49. The number of aliphatic hydroxyl groups excluding tert-OH is 1. The molecule has 0 unspecified atom stereocenters. The molecule has 2 heterocycles. The number of nitrogens with one attached hydrogen (secondary N) is 2. The second kappa shape index (κ2) is 9.25. The summed E-state index contributed by atoms with van der Waals surface area (Å²) in [5, 5.41) is 31.5. The first-order valence-electron chi connectivity index (χ1n) is 12.3. The third kappa shape index (κ3) is 4.17. The van der Waals surface area contributed by atoms with Gasteiger partial charge in [0.05, 0.1) is 35.3 Å². The summed E-state index contributed by atoms with van der Waals surface area (Å²) in [4.78, 5) is 16.4. The van der Waals surface area contributed by atoms with E-state index in [9.17, 15) is 15.0 Å². The molecule has 1 fully saturated rings. The van der Waals surface area contributed by atoms with Crippen LogP contribution in [-0.4, -0.2) is 49.1 Å². The van der Waals surface area contributed by atoms with Crippen molar-refractivity contribution >= 4 is 39.7 Å². The van der Waals surface area contributed by atoms with Crippen LogP contribution < -0.4 is 10.1 Å². The fraction of sp³-hybridized carbons (Fsp3) is 0.250. The summed E-state index contributed by atoms with van der Waals surface area (Å²) in [5.74, 6) is 1.01. The zero-order chi connectivity index (χ0) is 25.5. The van der Waals surface area contributed by atoms with Crippen molar-refractivity contribution in [1.82, 2.24) is 19.7 Å².